The fraction of sp³-hybridized carbons (Fsp3) is 0.600. The molecule has 120 valence electrons. The van der Waals surface area contributed by atoms with Gasteiger partial charge in [0.2, 0.25) is 10.0 Å². The third-order valence-corrected chi connectivity index (χ3v) is 6.42. The van der Waals surface area contributed by atoms with Crippen LogP contribution in [0.15, 0.2) is 33.6 Å². The van der Waals surface area contributed by atoms with Gasteiger partial charge in [0.15, 0.2) is 0 Å². The zero-order chi connectivity index (χ0) is 16.0. The molecule has 0 heterocycles. The summed E-state index contributed by atoms with van der Waals surface area (Å²) >= 11 is 3.31. The molecule has 1 aromatic carbocycles. The first-order chi connectivity index (χ1) is 9.86. The number of hydrogen-bond donors (Lipinski definition) is 1. The minimum atomic E-state index is -3.63. The fourth-order valence-corrected chi connectivity index (χ4v) is 4.95. The van der Waals surface area contributed by atoms with Gasteiger partial charge in [-0.15, -0.1) is 0 Å². The number of aliphatic hydroxyl groups excluding tert-OH is 1. The van der Waals surface area contributed by atoms with Gasteiger partial charge in [-0.3, -0.25) is 0 Å². The molecule has 0 spiro atoms. The van der Waals surface area contributed by atoms with Crippen LogP contribution in [0.3, 0.4) is 0 Å². The second kappa shape index (κ2) is 8.27. The highest BCUT2D eigenvalue weighted by Gasteiger charge is 2.33. The number of aliphatic hydroxyl groups is 1. The van der Waals surface area contributed by atoms with Crippen molar-refractivity contribution in [2.45, 2.75) is 44.6 Å². The van der Waals surface area contributed by atoms with Crippen molar-refractivity contribution in [2.75, 3.05) is 13.2 Å². The van der Waals surface area contributed by atoms with E-state index in [9.17, 15) is 13.5 Å². The second-order valence-corrected chi connectivity index (χ2v) is 8.11. The molecule has 0 unspecified atom stereocenters. The zero-order valence-electron chi connectivity index (χ0n) is 12.8. The van der Waals surface area contributed by atoms with Crippen LogP contribution in [0.5, 0.6) is 0 Å². The maximum atomic E-state index is 12.9. The van der Waals surface area contributed by atoms with Crippen molar-refractivity contribution >= 4 is 26.0 Å². The van der Waals surface area contributed by atoms with Gasteiger partial charge in [0.05, 0.1) is 17.5 Å². The minimum absolute atomic E-state index is 0.0455. The summed E-state index contributed by atoms with van der Waals surface area (Å²) in [5, 5.41) is 9.63. The van der Waals surface area contributed by atoms with Gasteiger partial charge in [-0.1, -0.05) is 39.3 Å². The Morgan fingerprint density at radius 3 is 2.38 bits per heavy atom. The van der Waals surface area contributed by atoms with E-state index in [1.165, 1.54) is 4.31 Å². The summed E-state index contributed by atoms with van der Waals surface area (Å²) in [7, 11) is -3.63. The first-order valence-electron chi connectivity index (χ1n) is 7.23. The van der Waals surface area contributed by atoms with Crippen molar-refractivity contribution in [3.8, 4) is 0 Å². The molecule has 0 saturated carbocycles. The lowest BCUT2D eigenvalue weighted by molar-refractivity contribution is 0.150. The summed E-state index contributed by atoms with van der Waals surface area (Å²) in [5.74, 6) is 0.0455. The van der Waals surface area contributed by atoms with E-state index >= 15 is 0 Å². The van der Waals surface area contributed by atoms with Crippen molar-refractivity contribution in [2.24, 2.45) is 5.92 Å². The van der Waals surface area contributed by atoms with E-state index in [0.717, 1.165) is 12.8 Å². The van der Waals surface area contributed by atoms with Crippen molar-refractivity contribution in [1.82, 2.24) is 4.31 Å². The van der Waals surface area contributed by atoms with E-state index in [2.05, 4.69) is 15.9 Å². The summed E-state index contributed by atoms with van der Waals surface area (Å²) in [5.41, 5.74) is 0. The highest BCUT2D eigenvalue weighted by molar-refractivity contribution is 9.10. The van der Waals surface area contributed by atoms with Crippen LogP contribution in [-0.2, 0) is 10.0 Å². The standard InChI is InChI=1S/C15H24BrNO3S/c1-4-5-10-17(14(11-18)12(2)3)21(19,20)15-9-7-6-8-13(15)16/h6-9,12,14,18H,4-5,10-11H2,1-3H3/t14-/m1/s1. The van der Waals surface area contributed by atoms with Crippen LogP contribution in [0.2, 0.25) is 0 Å². The average Bonchev–Trinajstić information content (AvgIpc) is 2.43. The van der Waals surface area contributed by atoms with Crippen LogP contribution in [-0.4, -0.2) is 37.0 Å². The number of unbranched alkanes of at least 4 members (excludes halogenated alkanes) is 1. The number of nitrogens with zero attached hydrogens (tertiary/aromatic N) is 1. The number of benzene rings is 1. The first-order valence-corrected chi connectivity index (χ1v) is 9.46. The highest BCUT2D eigenvalue weighted by atomic mass is 79.9. The largest absolute Gasteiger partial charge is 0.395 e. The lowest BCUT2D eigenvalue weighted by Gasteiger charge is -2.32. The molecule has 0 bridgehead atoms. The zero-order valence-corrected chi connectivity index (χ0v) is 15.2. The summed E-state index contributed by atoms with van der Waals surface area (Å²) in [6, 6.07) is 6.39. The number of sulfonamides is 1. The quantitative estimate of drug-likeness (QED) is 0.756. The van der Waals surface area contributed by atoms with Crippen molar-refractivity contribution in [3.05, 3.63) is 28.7 Å². The van der Waals surface area contributed by atoms with E-state index in [-0.39, 0.29) is 17.4 Å². The van der Waals surface area contributed by atoms with Crippen LogP contribution < -0.4 is 0 Å². The lowest BCUT2D eigenvalue weighted by Crippen LogP contribution is -2.46. The third-order valence-electron chi connectivity index (χ3n) is 3.48. The lowest BCUT2D eigenvalue weighted by atomic mass is 10.1. The van der Waals surface area contributed by atoms with Gasteiger partial charge >= 0.3 is 0 Å². The van der Waals surface area contributed by atoms with Gasteiger partial charge in [-0.2, -0.15) is 4.31 Å². The van der Waals surface area contributed by atoms with E-state index in [1.807, 2.05) is 20.8 Å². The normalized spacial score (nSPS) is 13.9. The fourth-order valence-electron chi connectivity index (χ4n) is 2.19. The first kappa shape index (κ1) is 18.6. The van der Waals surface area contributed by atoms with Crippen molar-refractivity contribution in [3.63, 3.8) is 0 Å². The average molecular weight is 378 g/mol. The molecule has 6 heteroatoms. The van der Waals surface area contributed by atoms with Crippen molar-refractivity contribution in [1.29, 1.82) is 0 Å². The molecule has 4 nitrogen and oxygen atoms in total. The van der Waals surface area contributed by atoms with E-state index < -0.39 is 16.1 Å². The Kier molecular flexibility index (Phi) is 7.33. The molecule has 0 aromatic heterocycles. The Morgan fingerprint density at radius 1 is 1.29 bits per heavy atom. The Bertz CT molecular complexity index is 546. The maximum absolute atomic E-state index is 12.9. The van der Waals surface area contributed by atoms with Crippen molar-refractivity contribution < 1.29 is 13.5 Å². The van der Waals surface area contributed by atoms with E-state index in [1.54, 1.807) is 24.3 Å². The second-order valence-electron chi connectivity index (χ2n) is 5.39. The summed E-state index contributed by atoms with van der Waals surface area (Å²) < 4.78 is 27.9. The molecule has 1 N–H and O–H groups in total. The molecule has 0 saturated heterocycles. The predicted octanol–water partition coefficient (Wildman–Crippen LogP) is 3.26. The molecule has 0 fully saturated rings. The third kappa shape index (κ3) is 4.52. The van der Waals surface area contributed by atoms with E-state index in [4.69, 9.17) is 0 Å². The maximum Gasteiger partial charge on any atom is 0.244 e. The van der Waals surface area contributed by atoms with Crippen LogP contribution in [0.1, 0.15) is 33.6 Å². The number of hydrogen-bond acceptors (Lipinski definition) is 3. The van der Waals surface area contributed by atoms with Crippen LogP contribution in [0, 0.1) is 5.92 Å². The monoisotopic (exact) mass is 377 g/mol. The molecule has 1 atom stereocenters. The van der Waals surface area contributed by atoms with Gasteiger partial charge in [-0.05, 0) is 40.4 Å². The summed E-state index contributed by atoms with van der Waals surface area (Å²) in [6.07, 6.45) is 1.67. The van der Waals surface area contributed by atoms with Gasteiger partial charge in [0.1, 0.15) is 0 Å². The molecule has 0 aliphatic heterocycles. The molecule has 1 aromatic rings. The topological polar surface area (TPSA) is 57.6 Å². The smallest absolute Gasteiger partial charge is 0.244 e. The van der Waals surface area contributed by atoms with Crippen LogP contribution in [0.25, 0.3) is 0 Å². The predicted molar refractivity (Wildman–Crippen MR) is 88.7 cm³/mol. The molecular formula is C15H24BrNO3S. The minimum Gasteiger partial charge on any atom is -0.395 e. The van der Waals surface area contributed by atoms with Gasteiger partial charge in [0, 0.05) is 11.0 Å². The number of rotatable bonds is 8. The highest BCUT2D eigenvalue weighted by Crippen LogP contribution is 2.28. The van der Waals surface area contributed by atoms with Gasteiger partial charge in [-0.25, -0.2) is 8.42 Å². The Hall–Kier alpha value is -0.430. The SMILES string of the molecule is CCCCN([C@H](CO)C(C)C)S(=O)(=O)c1ccccc1Br. The molecule has 0 radical (unpaired) electrons. The molecule has 0 aliphatic rings. The summed E-state index contributed by atoms with van der Waals surface area (Å²) in [4.78, 5) is 0.250. The molecule has 0 aliphatic carbocycles. The van der Waals surface area contributed by atoms with Crippen LogP contribution in [0.4, 0.5) is 0 Å². The molecule has 0 amide bonds. The molecule has 21 heavy (non-hydrogen) atoms. The molecular weight excluding hydrogens is 354 g/mol. The molecule has 1 rings (SSSR count). The van der Waals surface area contributed by atoms with Crippen LogP contribution >= 0.6 is 15.9 Å². The Labute approximate surface area is 136 Å². The van der Waals surface area contributed by atoms with Gasteiger partial charge in [0.25, 0.3) is 0 Å². The Balaban J connectivity index is 3.26. The number of halogens is 1. The summed E-state index contributed by atoms with van der Waals surface area (Å²) in [6.45, 7) is 6.12. The van der Waals surface area contributed by atoms with E-state index in [0.29, 0.717) is 11.0 Å². The Morgan fingerprint density at radius 2 is 1.90 bits per heavy atom. The van der Waals surface area contributed by atoms with Gasteiger partial charge < -0.3 is 5.11 Å².